The Balaban J connectivity index is 1.74. The first kappa shape index (κ1) is 11.7. The van der Waals surface area contributed by atoms with Crippen molar-refractivity contribution in [3.63, 3.8) is 0 Å². The summed E-state index contributed by atoms with van der Waals surface area (Å²) in [6.07, 6.45) is 11.4. The van der Waals surface area contributed by atoms with Gasteiger partial charge in [0.15, 0.2) is 0 Å². The van der Waals surface area contributed by atoms with Gasteiger partial charge in [0.25, 0.3) is 0 Å². The minimum Gasteiger partial charge on any atom is -0.353 e. The summed E-state index contributed by atoms with van der Waals surface area (Å²) in [6, 6.07) is 0.468. The molecule has 90 valence electrons. The van der Waals surface area contributed by atoms with Crippen molar-refractivity contribution in [1.82, 2.24) is 5.32 Å². The fraction of sp³-hybridized carbons (Fsp3) is 0.786. The Morgan fingerprint density at radius 1 is 1.38 bits per heavy atom. The molecule has 0 aromatic carbocycles. The minimum absolute atomic E-state index is 0.243. The predicted octanol–water partition coefficient (Wildman–Crippen LogP) is 3.18. The Kier molecular flexibility index (Phi) is 4.03. The van der Waals surface area contributed by atoms with E-state index in [9.17, 15) is 4.79 Å². The van der Waals surface area contributed by atoms with Crippen LogP contribution in [0, 0.1) is 5.92 Å². The quantitative estimate of drug-likeness (QED) is 0.729. The monoisotopic (exact) mass is 221 g/mol. The number of rotatable bonds is 3. The maximum absolute atomic E-state index is 11.8. The third-order valence-corrected chi connectivity index (χ3v) is 3.88. The SMILES string of the molecule is CC1CC=C(CC(=O)NC2CCCC2)CC1. The molecule has 1 unspecified atom stereocenters. The van der Waals surface area contributed by atoms with Gasteiger partial charge in [0.2, 0.25) is 5.91 Å². The zero-order chi connectivity index (χ0) is 11.4. The summed E-state index contributed by atoms with van der Waals surface area (Å²) in [5.41, 5.74) is 1.36. The predicted molar refractivity (Wildman–Crippen MR) is 66.1 cm³/mol. The normalized spacial score (nSPS) is 26.6. The second kappa shape index (κ2) is 5.51. The molecule has 0 bridgehead atoms. The molecule has 0 aliphatic heterocycles. The second-order valence-electron chi connectivity index (χ2n) is 5.47. The number of hydrogen-bond acceptors (Lipinski definition) is 1. The molecule has 0 heterocycles. The van der Waals surface area contributed by atoms with Crippen LogP contribution in [0.15, 0.2) is 11.6 Å². The summed E-state index contributed by atoms with van der Waals surface area (Å²) in [5, 5.41) is 3.16. The molecule has 0 spiro atoms. The lowest BCUT2D eigenvalue weighted by Gasteiger charge is -2.19. The minimum atomic E-state index is 0.243. The number of allylic oxidation sites excluding steroid dienone is 1. The number of amides is 1. The van der Waals surface area contributed by atoms with Gasteiger partial charge in [-0.05, 0) is 38.0 Å². The molecule has 2 heteroatoms. The fourth-order valence-electron chi connectivity index (χ4n) is 2.74. The average Bonchev–Trinajstić information content (AvgIpc) is 2.74. The van der Waals surface area contributed by atoms with Crippen LogP contribution in [0.1, 0.15) is 58.3 Å². The third-order valence-electron chi connectivity index (χ3n) is 3.88. The van der Waals surface area contributed by atoms with E-state index in [4.69, 9.17) is 0 Å². The second-order valence-corrected chi connectivity index (χ2v) is 5.47. The molecule has 2 aliphatic rings. The van der Waals surface area contributed by atoms with E-state index in [0.29, 0.717) is 12.5 Å². The van der Waals surface area contributed by atoms with Crippen LogP contribution in [0.2, 0.25) is 0 Å². The van der Waals surface area contributed by atoms with Gasteiger partial charge in [-0.15, -0.1) is 0 Å². The molecule has 1 amide bonds. The van der Waals surface area contributed by atoms with Gasteiger partial charge in [-0.1, -0.05) is 31.4 Å². The number of hydrogen-bond donors (Lipinski definition) is 1. The molecule has 2 aliphatic carbocycles. The lowest BCUT2D eigenvalue weighted by atomic mass is 9.89. The van der Waals surface area contributed by atoms with Gasteiger partial charge in [-0.2, -0.15) is 0 Å². The van der Waals surface area contributed by atoms with Crippen LogP contribution in [0.25, 0.3) is 0 Å². The van der Waals surface area contributed by atoms with Crippen LogP contribution in [0.4, 0.5) is 0 Å². The Morgan fingerprint density at radius 3 is 2.75 bits per heavy atom. The Hall–Kier alpha value is -0.790. The number of carbonyl (C=O) groups is 1. The maximum atomic E-state index is 11.8. The van der Waals surface area contributed by atoms with Crippen LogP contribution in [-0.4, -0.2) is 11.9 Å². The van der Waals surface area contributed by atoms with Crippen LogP contribution >= 0.6 is 0 Å². The van der Waals surface area contributed by atoms with E-state index in [-0.39, 0.29) is 5.91 Å². The molecule has 16 heavy (non-hydrogen) atoms. The lowest BCUT2D eigenvalue weighted by molar-refractivity contribution is -0.121. The first-order valence-corrected chi connectivity index (χ1v) is 6.71. The van der Waals surface area contributed by atoms with E-state index in [0.717, 1.165) is 18.8 Å². The first-order chi connectivity index (χ1) is 7.74. The smallest absolute Gasteiger partial charge is 0.224 e. The van der Waals surface area contributed by atoms with E-state index in [1.54, 1.807) is 0 Å². The topological polar surface area (TPSA) is 29.1 Å². The average molecular weight is 221 g/mol. The van der Waals surface area contributed by atoms with E-state index in [2.05, 4.69) is 18.3 Å². The molecular weight excluding hydrogens is 198 g/mol. The Bertz CT molecular complexity index is 276. The summed E-state index contributed by atoms with van der Waals surface area (Å²) in [7, 11) is 0. The summed E-state index contributed by atoms with van der Waals surface area (Å²) in [5.74, 6) is 1.05. The molecule has 1 N–H and O–H groups in total. The van der Waals surface area contributed by atoms with Crippen molar-refractivity contribution in [2.24, 2.45) is 5.92 Å². The van der Waals surface area contributed by atoms with Gasteiger partial charge in [0.05, 0.1) is 0 Å². The lowest BCUT2D eigenvalue weighted by Crippen LogP contribution is -2.32. The van der Waals surface area contributed by atoms with E-state index < -0.39 is 0 Å². The van der Waals surface area contributed by atoms with Gasteiger partial charge < -0.3 is 5.32 Å². The molecule has 0 aromatic rings. The van der Waals surface area contributed by atoms with Crippen molar-refractivity contribution in [3.05, 3.63) is 11.6 Å². The summed E-state index contributed by atoms with van der Waals surface area (Å²) >= 11 is 0. The summed E-state index contributed by atoms with van der Waals surface area (Å²) in [6.45, 7) is 2.28. The zero-order valence-electron chi connectivity index (χ0n) is 10.3. The molecular formula is C14H23NO. The van der Waals surface area contributed by atoms with Crippen LogP contribution in [0.5, 0.6) is 0 Å². The molecule has 1 saturated carbocycles. The maximum Gasteiger partial charge on any atom is 0.224 e. The highest BCUT2D eigenvalue weighted by Gasteiger charge is 2.18. The van der Waals surface area contributed by atoms with Gasteiger partial charge >= 0.3 is 0 Å². The molecule has 1 fully saturated rings. The van der Waals surface area contributed by atoms with Crippen LogP contribution < -0.4 is 5.32 Å². The van der Waals surface area contributed by atoms with E-state index in [1.807, 2.05) is 0 Å². The Labute approximate surface area is 98.5 Å². The van der Waals surface area contributed by atoms with Gasteiger partial charge in [-0.3, -0.25) is 4.79 Å². The third kappa shape index (κ3) is 3.36. The fourth-order valence-corrected chi connectivity index (χ4v) is 2.74. The molecule has 0 aromatic heterocycles. The number of carbonyl (C=O) groups excluding carboxylic acids is 1. The molecule has 2 rings (SSSR count). The molecule has 0 saturated heterocycles. The largest absolute Gasteiger partial charge is 0.353 e. The zero-order valence-corrected chi connectivity index (χ0v) is 10.3. The Morgan fingerprint density at radius 2 is 2.12 bits per heavy atom. The van der Waals surface area contributed by atoms with Gasteiger partial charge in [0, 0.05) is 12.5 Å². The summed E-state index contributed by atoms with van der Waals surface area (Å²) in [4.78, 5) is 11.8. The molecule has 0 radical (unpaired) electrons. The van der Waals surface area contributed by atoms with Gasteiger partial charge in [0.1, 0.15) is 0 Å². The van der Waals surface area contributed by atoms with Gasteiger partial charge in [-0.25, -0.2) is 0 Å². The van der Waals surface area contributed by atoms with Crippen molar-refractivity contribution < 1.29 is 4.79 Å². The van der Waals surface area contributed by atoms with Crippen molar-refractivity contribution in [1.29, 1.82) is 0 Å². The van der Waals surface area contributed by atoms with Crippen LogP contribution in [-0.2, 0) is 4.79 Å². The van der Waals surface area contributed by atoms with Crippen LogP contribution in [0.3, 0.4) is 0 Å². The highest BCUT2D eigenvalue weighted by Crippen LogP contribution is 2.25. The van der Waals surface area contributed by atoms with E-state index >= 15 is 0 Å². The summed E-state index contributed by atoms with van der Waals surface area (Å²) < 4.78 is 0. The van der Waals surface area contributed by atoms with E-state index in [1.165, 1.54) is 37.7 Å². The number of nitrogens with one attached hydrogen (secondary N) is 1. The molecule has 2 nitrogen and oxygen atoms in total. The highest BCUT2D eigenvalue weighted by atomic mass is 16.1. The highest BCUT2D eigenvalue weighted by molar-refractivity contribution is 5.78. The standard InChI is InChI=1S/C14H23NO/c1-11-6-8-12(9-7-11)10-14(16)15-13-4-2-3-5-13/h8,11,13H,2-7,9-10H2,1H3,(H,15,16). The van der Waals surface area contributed by atoms with Crippen molar-refractivity contribution in [2.75, 3.05) is 0 Å². The first-order valence-electron chi connectivity index (χ1n) is 6.71. The molecule has 1 atom stereocenters. The van der Waals surface area contributed by atoms with Crippen molar-refractivity contribution >= 4 is 5.91 Å². The van der Waals surface area contributed by atoms with Crippen molar-refractivity contribution in [3.8, 4) is 0 Å². The van der Waals surface area contributed by atoms with Crippen molar-refractivity contribution in [2.45, 2.75) is 64.3 Å².